The van der Waals surface area contributed by atoms with Crippen LogP contribution in [0.2, 0.25) is 0 Å². The van der Waals surface area contributed by atoms with Crippen LogP contribution in [0.15, 0.2) is 0 Å². The Morgan fingerprint density at radius 3 is 1.14 bits per heavy atom. The highest BCUT2D eigenvalue weighted by Crippen LogP contribution is 2.38. The van der Waals surface area contributed by atoms with Crippen LogP contribution in [0.3, 0.4) is 0 Å². The van der Waals surface area contributed by atoms with Crippen LogP contribution in [0.1, 0.15) is 47.5 Å². The number of hydrogen-bond acceptors (Lipinski definition) is 0. The maximum absolute atomic E-state index is 11.8. The van der Waals surface area contributed by atoms with Gasteiger partial charge < -0.3 is 0 Å². The monoisotopic (exact) mass is 222 g/mol. The summed E-state index contributed by atoms with van der Waals surface area (Å²) in [4.78, 5) is 0. The van der Waals surface area contributed by atoms with E-state index in [0.717, 1.165) is 0 Å². The van der Waals surface area contributed by atoms with Crippen LogP contribution in [0.25, 0.3) is 0 Å². The molecular weight excluding hydrogens is 203 g/mol. The summed E-state index contributed by atoms with van der Waals surface area (Å²) in [7, 11) is 0. The largest absolute Gasteiger partial charge is 0.453 e. The third kappa shape index (κ3) is 8.26. The number of halogens is 5. The van der Waals surface area contributed by atoms with Crippen molar-refractivity contribution < 1.29 is 22.0 Å². The quantitative estimate of drug-likeness (QED) is 0.574. The first-order valence-corrected chi connectivity index (χ1v) is 4.76. The van der Waals surface area contributed by atoms with Gasteiger partial charge in [-0.3, -0.25) is 0 Å². The van der Waals surface area contributed by atoms with Gasteiger partial charge in [-0.2, -0.15) is 22.0 Å². The normalized spacial score (nSPS) is 10.7. The molecule has 90 valence electrons. The lowest BCUT2D eigenvalue weighted by atomic mass is 10.2. The molecule has 0 aromatic carbocycles. The first-order chi connectivity index (χ1) is 6.31. The van der Waals surface area contributed by atoms with Gasteiger partial charge in [-0.05, 0) is 0 Å². The summed E-state index contributed by atoms with van der Waals surface area (Å²) >= 11 is 0. The Balaban J connectivity index is -0.000000266. The summed E-state index contributed by atoms with van der Waals surface area (Å²) in [5.41, 5.74) is 0. The third-order valence-electron chi connectivity index (χ3n) is 0.979. The van der Waals surface area contributed by atoms with E-state index in [-0.39, 0.29) is 6.42 Å². The SMILES string of the molecule is CC.CC.CCCC(F)(F)C(F)(F)F. The van der Waals surface area contributed by atoms with E-state index < -0.39 is 18.5 Å². The van der Waals surface area contributed by atoms with E-state index >= 15 is 0 Å². The summed E-state index contributed by atoms with van der Waals surface area (Å²) in [6.07, 6.45) is -6.69. The molecule has 0 amide bonds. The van der Waals surface area contributed by atoms with E-state index in [0.29, 0.717) is 0 Å². The van der Waals surface area contributed by atoms with E-state index in [1.165, 1.54) is 6.92 Å². The molecule has 0 bridgehead atoms. The molecule has 0 radical (unpaired) electrons. The van der Waals surface area contributed by atoms with Crippen molar-refractivity contribution in [3.05, 3.63) is 0 Å². The molecule has 0 aliphatic carbocycles. The lowest BCUT2D eigenvalue weighted by Gasteiger charge is -2.18. The van der Waals surface area contributed by atoms with E-state index in [4.69, 9.17) is 0 Å². The molecule has 0 aromatic heterocycles. The minimum Gasteiger partial charge on any atom is -0.196 e. The van der Waals surface area contributed by atoms with Crippen LogP contribution in [-0.4, -0.2) is 12.1 Å². The van der Waals surface area contributed by atoms with Gasteiger partial charge in [0.2, 0.25) is 0 Å². The van der Waals surface area contributed by atoms with Crippen LogP contribution >= 0.6 is 0 Å². The average molecular weight is 222 g/mol. The second-order valence-electron chi connectivity index (χ2n) is 1.95. The van der Waals surface area contributed by atoms with Crippen molar-refractivity contribution in [1.29, 1.82) is 0 Å². The van der Waals surface area contributed by atoms with Gasteiger partial charge in [-0.15, -0.1) is 0 Å². The molecule has 0 rings (SSSR count). The highest BCUT2D eigenvalue weighted by molar-refractivity contribution is 4.74. The zero-order valence-corrected chi connectivity index (χ0v) is 9.30. The molecule has 0 saturated heterocycles. The van der Waals surface area contributed by atoms with Gasteiger partial charge in [0.1, 0.15) is 0 Å². The second kappa shape index (κ2) is 9.21. The van der Waals surface area contributed by atoms with E-state index in [1.54, 1.807) is 0 Å². The summed E-state index contributed by atoms with van der Waals surface area (Å²) in [5, 5.41) is 0. The average Bonchev–Trinajstić information content (AvgIpc) is 2.09. The Kier molecular flexibility index (Phi) is 12.7. The predicted molar refractivity (Wildman–Crippen MR) is 48.6 cm³/mol. The first kappa shape index (κ1) is 19.3. The number of hydrogen-bond donors (Lipinski definition) is 0. The molecule has 0 nitrogen and oxygen atoms in total. The van der Waals surface area contributed by atoms with Crippen molar-refractivity contribution in [2.45, 2.75) is 59.6 Å². The molecule has 0 heterocycles. The first-order valence-electron chi connectivity index (χ1n) is 4.76. The lowest BCUT2D eigenvalue weighted by Crippen LogP contribution is -2.35. The Labute approximate surface area is 82.5 Å². The molecule has 14 heavy (non-hydrogen) atoms. The van der Waals surface area contributed by atoms with Gasteiger partial charge in [0, 0.05) is 6.42 Å². The number of rotatable bonds is 2. The Bertz CT molecular complexity index is 106. The van der Waals surface area contributed by atoms with Crippen LogP contribution in [0.4, 0.5) is 22.0 Å². The van der Waals surface area contributed by atoms with Crippen LogP contribution in [-0.2, 0) is 0 Å². The molecule has 0 fully saturated rings. The minimum absolute atomic E-state index is 0.174. The van der Waals surface area contributed by atoms with Crippen molar-refractivity contribution in [3.63, 3.8) is 0 Å². The van der Waals surface area contributed by atoms with Crippen molar-refractivity contribution in [1.82, 2.24) is 0 Å². The molecule has 0 aliphatic heterocycles. The van der Waals surface area contributed by atoms with Crippen LogP contribution in [0.5, 0.6) is 0 Å². The molecule has 0 unspecified atom stereocenters. The lowest BCUT2D eigenvalue weighted by molar-refractivity contribution is -0.284. The zero-order chi connectivity index (χ0) is 12.4. The zero-order valence-electron chi connectivity index (χ0n) is 9.30. The standard InChI is InChI=1S/C5H7F5.2C2H6/c1-2-3-4(6,7)5(8,9)10;2*1-2/h2-3H2,1H3;2*1-2H3. The molecule has 0 saturated carbocycles. The summed E-state index contributed by atoms with van der Waals surface area (Å²) < 4.78 is 57.4. The van der Waals surface area contributed by atoms with Crippen LogP contribution in [0, 0.1) is 0 Å². The number of alkyl halides is 5. The fourth-order valence-electron chi connectivity index (χ4n) is 0.456. The maximum atomic E-state index is 11.8. The van der Waals surface area contributed by atoms with Gasteiger partial charge in [0.25, 0.3) is 0 Å². The van der Waals surface area contributed by atoms with Crippen molar-refractivity contribution in [2.75, 3.05) is 0 Å². The molecule has 5 heteroatoms. The molecule has 0 spiro atoms. The summed E-state index contributed by atoms with van der Waals surface area (Å²) in [6, 6.07) is 0. The smallest absolute Gasteiger partial charge is 0.196 e. The van der Waals surface area contributed by atoms with Crippen molar-refractivity contribution in [2.24, 2.45) is 0 Å². The third-order valence-corrected chi connectivity index (χ3v) is 0.979. The van der Waals surface area contributed by atoms with Crippen molar-refractivity contribution in [3.8, 4) is 0 Å². The predicted octanol–water partition coefficient (Wildman–Crippen LogP) is 5.04. The van der Waals surface area contributed by atoms with E-state index in [1.807, 2.05) is 27.7 Å². The van der Waals surface area contributed by atoms with Crippen LogP contribution < -0.4 is 0 Å². The molecule has 0 atom stereocenters. The van der Waals surface area contributed by atoms with E-state index in [9.17, 15) is 22.0 Å². The fourth-order valence-corrected chi connectivity index (χ4v) is 0.456. The summed E-state index contributed by atoms with van der Waals surface area (Å²) in [6.45, 7) is 9.28. The van der Waals surface area contributed by atoms with Crippen molar-refractivity contribution >= 4 is 0 Å². The molecular formula is C9H19F5. The second-order valence-corrected chi connectivity index (χ2v) is 1.95. The summed E-state index contributed by atoms with van der Waals surface area (Å²) in [5.74, 6) is -4.51. The topological polar surface area (TPSA) is 0 Å². The minimum atomic E-state index is -5.39. The Morgan fingerprint density at radius 2 is 1.07 bits per heavy atom. The Morgan fingerprint density at radius 1 is 0.786 bits per heavy atom. The molecule has 0 N–H and O–H groups in total. The van der Waals surface area contributed by atoms with Gasteiger partial charge >= 0.3 is 12.1 Å². The highest BCUT2D eigenvalue weighted by Gasteiger charge is 2.56. The molecule has 0 aromatic rings. The van der Waals surface area contributed by atoms with Gasteiger partial charge in [-0.1, -0.05) is 41.0 Å². The maximum Gasteiger partial charge on any atom is 0.453 e. The van der Waals surface area contributed by atoms with E-state index in [2.05, 4.69) is 0 Å². The molecule has 0 aliphatic rings. The van der Waals surface area contributed by atoms with Gasteiger partial charge in [-0.25, -0.2) is 0 Å². The van der Waals surface area contributed by atoms with Gasteiger partial charge in [0.05, 0.1) is 0 Å². The van der Waals surface area contributed by atoms with Gasteiger partial charge in [0.15, 0.2) is 0 Å². The highest BCUT2D eigenvalue weighted by atomic mass is 19.4. The fraction of sp³-hybridized carbons (Fsp3) is 1.00. The Hall–Kier alpha value is -0.350.